The number of carbonyl (C=O) groups excluding carboxylic acids is 1. The van der Waals surface area contributed by atoms with Crippen molar-refractivity contribution >= 4 is 5.91 Å². The molecule has 1 rings (SSSR count). The van der Waals surface area contributed by atoms with Gasteiger partial charge in [0.05, 0.1) is 6.10 Å². The third kappa shape index (κ3) is 5.49. The van der Waals surface area contributed by atoms with Gasteiger partial charge in [0.2, 0.25) is 0 Å². The van der Waals surface area contributed by atoms with E-state index in [4.69, 9.17) is 0 Å². The quantitative estimate of drug-likeness (QED) is 0.751. The summed E-state index contributed by atoms with van der Waals surface area (Å²) in [5, 5.41) is 11.6. The Hall–Kier alpha value is -1.63. The van der Waals surface area contributed by atoms with Crippen LogP contribution in [0.15, 0.2) is 30.3 Å². The Bertz CT molecular complexity index is 505. The molecule has 0 aliphatic heterocycles. The minimum atomic E-state index is -5.40. The molecule has 0 bridgehead atoms. The number of aliphatic hydroxyl groups excluding tert-OH is 1. The smallest absolute Gasteiger partial charge is 0.393 e. The standard InChI is InChI=1S/C16H21F4NO2/c1-11(2)8-13(22)9-15(17,16(18,19)20)14(23)21-10-12-6-4-3-5-7-12/h3-7,11,13,22H,8-10H2,1-2H3,(H,21,23)/t13-,15+/m0/s1. The fourth-order valence-corrected chi connectivity index (χ4v) is 2.21. The number of benzene rings is 1. The van der Waals surface area contributed by atoms with Gasteiger partial charge < -0.3 is 10.4 Å². The van der Waals surface area contributed by atoms with Gasteiger partial charge in [-0.3, -0.25) is 4.79 Å². The van der Waals surface area contributed by atoms with Gasteiger partial charge in [-0.2, -0.15) is 13.2 Å². The SMILES string of the molecule is CC(C)C[C@H](O)C[C@@](F)(C(=O)NCc1ccccc1)C(F)(F)F. The second-order valence-electron chi connectivity index (χ2n) is 5.95. The van der Waals surface area contributed by atoms with Crippen LogP contribution in [0.3, 0.4) is 0 Å². The van der Waals surface area contributed by atoms with Crippen molar-refractivity contribution in [2.75, 3.05) is 0 Å². The number of carbonyl (C=O) groups is 1. The summed E-state index contributed by atoms with van der Waals surface area (Å²) in [6.45, 7) is 3.15. The summed E-state index contributed by atoms with van der Waals surface area (Å²) < 4.78 is 53.5. The second kappa shape index (κ2) is 7.77. The van der Waals surface area contributed by atoms with Gasteiger partial charge in [-0.25, -0.2) is 4.39 Å². The molecule has 1 amide bonds. The molecule has 2 atom stereocenters. The van der Waals surface area contributed by atoms with Crippen LogP contribution in [0.5, 0.6) is 0 Å². The minimum absolute atomic E-state index is 0.0201. The lowest BCUT2D eigenvalue weighted by Crippen LogP contribution is -2.55. The molecule has 1 aromatic rings. The van der Waals surface area contributed by atoms with Crippen molar-refractivity contribution in [3.63, 3.8) is 0 Å². The molecule has 3 nitrogen and oxygen atoms in total. The van der Waals surface area contributed by atoms with Crippen molar-refractivity contribution in [1.29, 1.82) is 0 Å². The molecular weight excluding hydrogens is 314 g/mol. The van der Waals surface area contributed by atoms with Crippen molar-refractivity contribution in [2.45, 2.75) is 51.2 Å². The first-order valence-electron chi connectivity index (χ1n) is 7.32. The highest BCUT2D eigenvalue weighted by atomic mass is 19.4. The third-order valence-corrected chi connectivity index (χ3v) is 3.37. The average molecular weight is 335 g/mol. The summed E-state index contributed by atoms with van der Waals surface area (Å²) in [6, 6.07) is 8.21. The normalized spacial score (nSPS) is 16.0. The topological polar surface area (TPSA) is 49.3 Å². The molecule has 0 spiro atoms. The Morgan fingerprint density at radius 2 is 1.74 bits per heavy atom. The van der Waals surface area contributed by atoms with Gasteiger partial charge >= 0.3 is 6.18 Å². The van der Waals surface area contributed by atoms with Gasteiger partial charge in [-0.1, -0.05) is 44.2 Å². The number of amides is 1. The molecule has 0 aliphatic carbocycles. The summed E-state index contributed by atoms with van der Waals surface area (Å²) in [5.74, 6) is -1.90. The van der Waals surface area contributed by atoms with Crippen LogP contribution in [0, 0.1) is 5.92 Å². The van der Waals surface area contributed by atoms with Crippen molar-refractivity contribution in [1.82, 2.24) is 5.32 Å². The average Bonchev–Trinajstić information content (AvgIpc) is 2.43. The van der Waals surface area contributed by atoms with Crippen LogP contribution in [0.4, 0.5) is 17.6 Å². The van der Waals surface area contributed by atoms with Crippen molar-refractivity contribution in [3.8, 4) is 0 Å². The lowest BCUT2D eigenvalue weighted by molar-refractivity contribution is -0.234. The number of aliphatic hydroxyl groups is 1. The monoisotopic (exact) mass is 335 g/mol. The van der Waals surface area contributed by atoms with E-state index in [1.807, 2.05) is 5.32 Å². The van der Waals surface area contributed by atoms with E-state index in [-0.39, 0.29) is 18.9 Å². The first-order chi connectivity index (χ1) is 10.6. The molecular formula is C16H21F4NO2. The van der Waals surface area contributed by atoms with Crippen LogP contribution in [0.2, 0.25) is 0 Å². The Balaban J connectivity index is 2.81. The zero-order valence-electron chi connectivity index (χ0n) is 13.0. The fourth-order valence-electron chi connectivity index (χ4n) is 2.21. The van der Waals surface area contributed by atoms with Crippen LogP contribution in [0.1, 0.15) is 32.3 Å². The summed E-state index contributed by atoms with van der Waals surface area (Å²) in [6.07, 6.45) is -8.28. The highest BCUT2D eigenvalue weighted by Crippen LogP contribution is 2.38. The Morgan fingerprint density at radius 3 is 2.22 bits per heavy atom. The Labute approximate surface area is 132 Å². The van der Waals surface area contributed by atoms with E-state index < -0.39 is 30.3 Å². The Morgan fingerprint density at radius 1 is 1.17 bits per heavy atom. The van der Waals surface area contributed by atoms with Crippen LogP contribution in [-0.2, 0) is 11.3 Å². The van der Waals surface area contributed by atoms with Gasteiger partial charge in [-0.15, -0.1) is 0 Å². The third-order valence-electron chi connectivity index (χ3n) is 3.37. The minimum Gasteiger partial charge on any atom is -0.393 e. The molecule has 0 saturated carbocycles. The van der Waals surface area contributed by atoms with E-state index >= 15 is 0 Å². The van der Waals surface area contributed by atoms with Crippen molar-refractivity contribution < 1.29 is 27.5 Å². The maximum Gasteiger partial charge on any atom is 0.431 e. The molecule has 7 heteroatoms. The molecule has 2 N–H and O–H groups in total. The van der Waals surface area contributed by atoms with Crippen LogP contribution >= 0.6 is 0 Å². The highest BCUT2D eigenvalue weighted by Gasteiger charge is 2.62. The van der Waals surface area contributed by atoms with Crippen LogP contribution in [-0.4, -0.2) is 29.0 Å². The van der Waals surface area contributed by atoms with E-state index in [9.17, 15) is 27.5 Å². The van der Waals surface area contributed by atoms with Gasteiger partial charge in [0, 0.05) is 13.0 Å². The molecule has 0 radical (unpaired) electrons. The first-order valence-corrected chi connectivity index (χ1v) is 7.32. The first kappa shape index (κ1) is 19.4. The van der Waals surface area contributed by atoms with Crippen LogP contribution < -0.4 is 5.32 Å². The summed E-state index contributed by atoms with van der Waals surface area (Å²) in [4.78, 5) is 11.8. The lowest BCUT2D eigenvalue weighted by atomic mass is 9.92. The Kier molecular flexibility index (Phi) is 6.56. The van der Waals surface area contributed by atoms with Crippen molar-refractivity contribution in [2.24, 2.45) is 5.92 Å². The zero-order valence-corrected chi connectivity index (χ0v) is 13.0. The van der Waals surface area contributed by atoms with Crippen molar-refractivity contribution in [3.05, 3.63) is 35.9 Å². The molecule has 0 fully saturated rings. The summed E-state index contributed by atoms with van der Waals surface area (Å²) in [5.41, 5.74) is -3.57. The van der Waals surface area contributed by atoms with Gasteiger partial charge in [-0.05, 0) is 17.9 Å². The fraction of sp³-hybridized carbons (Fsp3) is 0.562. The molecule has 0 aromatic heterocycles. The molecule has 130 valence electrons. The zero-order chi connectivity index (χ0) is 17.7. The lowest BCUT2D eigenvalue weighted by Gasteiger charge is -2.29. The second-order valence-corrected chi connectivity index (χ2v) is 5.95. The summed E-state index contributed by atoms with van der Waals surface area (Å²) >= 11 is 0. The molecule has 23 heavy (non-hydrogen) atoms. The van der Waals surface area contributed by atoms with Gasteiger partial charge in [0.1, 0.15) is 0 Å². The summed E-state index contributed by atoms with van der Waals surface area (Å²) in [7, 11) is 0. The maximum atomic E-state index is 14.4. The molecule has 1 aromatic carbocycles. The predicted octanol–water partition coefficient (Wildman–Crippen LogP) is 3.37. The van der Waals surface area contributed by atoms with E-state index in [0.29, 0.717) is 5.56 Å². The molecule has 0 unspecified atom stereocenters. The number of halogens is 4. The molecule has 0 aliphatic rings. The largest absolute Gasteiger partial charge is 0.431 e. The number of hydrogen-bond acceptors (Lipinski definition) is 2. The van der Waals surface area contributed by atoms with Crippen LogP contribution in [0.25, 0.3) is 0 Å². The highest BCUT2D eigenvalue weighted by molar-refractivity contribution is 5.86. The number of nitrogens with one attached hydrogen (secondary N) is 1. The number of alkyl halides is 4. The number of hydrogen-bond donors (Lipinski definition) is 2. The van der Waals surface area contributed by atoms with E-state index in [1.165, 1.54) is 0 Å². The number of rotatable bonds is 7. The molecule has 0 heterocycles. The van der Waals surface area contributed by atoms with E-state index in [2.05, 4.69) is 0 Å². The van der Waals surface area contributed by atoms with Gasteiger partial charge in [0.25, 0.3) is 11.6 Å². The van der Waals surface area contributed by atoms with E-state index in [0.717, 1.165) is 0 Å². The molecule has 0 saturated heterocycles. The maximum absolute atomic E-state index is 14.4. The predicted molar refractivity (Wildman–Crippen MR) is 78.3 cm³/mol. The van der Waals surface area contributed by atoms with E-state index in [1.54, 1.807) is 44.2 Å². The van der Waals surface area contributed by atoms with Gasteiger partial charge in [0.15, 0.2) is 0 Å².